The van der Waals surface area contributed by atoms with Crippen LogP contribution in [-0.2, 0) is 4.79 Å². The summed E-state index contributed by atoms with van der Waals surface area (Å²) in [5.41, 5.74) is 0.679. The fourth-order valence-electron chi connectivity index (χ4n) is 3.78. The Morgan fingerprint density at radius 2 is 1.96 bits per heavy atom. The molecular weight excluding hydrogens is 358 g/mol. The number of nitrogens with one attached hydrogen (secondary N) is 1. The summed E-state index contributed by atoms with van der Waals surface area (Å²) in [7, 11) is 0. The smallest absolute Gasteiger partial charge is 0.339 e. The highest BCUT2D eigenvalue weighted by atomic mass is 16.5. The zero-order valence-corrected chi connectivity index (χ0v) is 16.8. The summed E-state index contributed by atoms with van der Waals surface area (Å²) in [6.45, 7) is 7.47. The van der Waals surface area contributed by atoms with Crippen LogP contribution in [0.4, 0.5) is 4.79 Å². The van der Waals surface area contributed by atoms with E-state index in [1.165, 1.54) is 5.01 Å². The first-order valence-electron chi connectivity index (χ1n) is 10.00. The highest BCUT2D eigenvalue weighted by Crippen LogP contribution is 2.26. The lowest BCUT2D eigenvalue weighted by Gasteiger charge is -2.25. The number of hydrogen-bond acceptors (Lipinski definition) is 5. The van der Waals surface area contributed by atoms with Crippen LogP contribution in [0.1, 0.15) is 50.4 Å². The number of hydrogen-bond donors (Lipinski definition) is 1. The van der Waals surface area contributed by atoms with Gasteiger partial charge in [-0.25, -0.2) is 9.80 Å². The van der Waals surface area contributed by atoms with Gasteiger partial charge in [0.2, 0.25) is 0 Å². The molecular formula is C21H29N3O4. The van der Waals surface area contributed by atoms with Gasteiger partial charge in [-0.1, -0.05) is 13.8 Å². The third-order valence-electron chi connectivity index (χ3n) is 5.45. The minimum Gasteiger partial charge on any atom is -0.494 e. The number of Topliss-reactive ketones (excluding diaryl/α,β-unsaturated/α-hetero) is 1. The monoisotopic (exact) mass is 387 g/mol. The number of benzene rings is 1. The average Bonchev–Trinajstić information content (AvgIpc) is 3.23. The van der Waals surface area contributed by atoms with Crippen LogP contribution in [0.15, 0.2) is 24.3 Å². The Labute approximate surface area is 166 Å². The van der Waals surface area contributed by atoms with Gasteiger partial charge in [-0.3, -0.25) is 9.59 Å². The van der Waals surface area contributed by atoms with E-state index in [0.29, 0.717) is 18.1 Å². The Morgan fingerprint density at radius 3 is 2.57 bits per heavy atom. The van der Waals surface area contributed by atoms with E-state index in [1.807, 2.05) is 31.0 Å². The first kappa shape index (κ1) is 20.3. The highest BCUT2D eigenvalue weighted by Gasteiger charge is 2.44. The predicted molar refractivity (Wildman–Crippen MR) is 105 cm³/mol. The second-order valence-corrected chi connectivity index (χ2v) is 7.96. The van der Waals surface area contributed by atoms with Crippen molar-refractivity contribution in [1.82, 2.24) is 15.3 Å². The highest BCUT2D eigenvalue weighted by molar-refractivity contribution is 6.03. The summed E-state index contributed by atoms with van der Waals surface area (Å²) >= 11 is 0. The zero-order valence-electron chi connectivity index (χ0n) is 16.8. The molecule has 2 heterocycles. The quantitative estimate of drug-likeness (QED) is 0.422. The van der Waals surface area contributed by atoms with Gasteiger partial charge in [0.1, 0.15) is 11.8 Å². The number of urea groups is 1. The predicted octanol–water partition coefficient (Wildman–Crippen LogP) is 2.86. The van der Waals surface area contributed by atoms with Gasteiger partial charge in [0.25, 0.3) is 5.91 Å². The Kier molecular flexibility index (Phi) is 6.34. The van der Waals surface area contributed by atoms with Crippen molar-refractivity contribution in [3.8, 4) is 5.75 Å². The molecule has 1 aromatic carbocycles. The van der Waals surface area contributed by atoms with Crippen LogP contribution in [0.5, 0.6) is 5.75 Å². The van der Waals surface area contributed by atoms with Gasteiger partial charge in [-0.15, -0.1) is 0 Å². The Hall–Kier alpha value is -2.41. The fourth-order valence-corrected chi connectivity index (χ4v) is 3.78. The summed E-state index contributed by atoms with van der Waals surface area (Å²) < 4.78 is 5.75. The van der Waals surface area contributed by atoms with E-state index in [0.717, 1.165) is 38.1 Å². The van der Waals surface area contributed by atoms with Crippen molar-refractivity contribution >= 4 is 17.7 Å². The normalized spacial score (nSPS) is 22.8. The molecule has 7 heteroatoms. The molecule has 3 rings (SSSR count). The minimum absolute atomic E-state index is 0.0437. The van der Waals surface area contributed by atoms with Crippen molar-refractivity contribution in [2.45, 2.75) is 46.1 Å². The molecule has 2 saturated heterocycles. The van der Waals surface area contributed by atoms with E-state index in [2.05, 4.69) is 5.32 Å². The van der Waals surface area contributed by atoms with E-state index in [-0.39, 0.29) is 23.6 Å². The molecule has 0 spiro atoms. The summed E-state index contributed by atoms with van der Waals surface area (Å²) in [5.74, 6) is 1.20. The van der Waals surface area contributed by atoms with E-state index in [4.69, 9.17) is 4.74 Å². The standard InChI is InChI=1S/C21H29N3O4/c1-14(2)19-20(26)24(21(27)22-19)23-11-10-16(13-23)5-4-12-28-18-8-6-17(7-9-18)15(3)25/h6-9,14,16,19H,4-5,10-13H2,1-3H3,(H,22,27)/t16-,19-/m1/s1. The molecule has 0 aliphatic carbocycles. The molecule has 1 N–H and O–H groups in total. The van der Waals surface area contributed by atoms with Crippen LogP contribution in [-0.4, -0.2) is 53.5 Å². The molecule has 0 aromatic heterocycles. The Bertz CT molecular complexity index is 732. The van der Waals surface area contributed by atoms with Gasteiger partial charge in [0.05, 0.1) is 6.61 Å². The van der Waals surface area contributed by atoms with Gasteiger partial charge >= 0.3 is 6.03 Å². The van der Waals surface area contributed by atoms with Crippen LogP contribution in [0.25, 0.3) is 0 Å². The van der Waals surface area contributed by atoms with E-state index >= 15 is 0 Å². The number of ether oxygens (including phenoxy) is 1. The molecule has 2 aliphatic heterocycles. The lowest BCUT2D eigenvalue weighted by atomic mass is 10.0. The maximum atomic E-state index is 12.5. The van der Waals surface area contributed by atoms with Crippen molar-refractivity contribution in [3.63, 3.8) is 0 Å². The molecule has 152 valence electrons. The molecule has 2 fully saturated rings. The third-order valence-corrected chi connectivity index (χ3v) is 5.45. The van der Waals surface area contributed by atoms with Crippen LogP contribution in [0.3, 0.4) is 0 Å². The van der Waals surface area contributed by atoms with Gasteiger partial charge in [-0.05, 0) is 62.3 Å². The molecule has 3 amide bonds. The second-order valence-electron chi connectivity index (χ2n) is 7.96. The lowest BCUT2D eigenvalue weighted by Crippen LogP contribution is -2.46. The molecule has 0 unspecified atom stereocenters. The molecule has 0 bridgehead atoms. The summed E-state index contributed by atoms with van der Waals surface area (Å²) in [6, 6.07) is 6.45. The first-order valence-corrected chi connectivity index (χ1v) is 10.00. The number of hydrazine groups is 1. The number of imide groups is 1. The third kappa shape index (κ3) is 4.52. The molecule has 0 radical (unpaired) electrons. The maximum absolute atomic E-state index is 12.5. The van der Waals surface area contributed by atoms with Crippen molar-refractivity contribution in [2.24, 2.45) is 11.8 Å². The molecule has 7 nitrogen and oxygen atoms in total. The first-order chi connectivity index (χ1) is 13.4. The van der Waals surface area contributed by atoms with Crippen molar-refractivity contribution in [2.75, 3.05) is 19.7 Å². The molecule has 0 saturated carbocycles. The van der Waals surface area contributed by atoms with E-state index < -0.39 is 6.04 Å². The Balaban J connectivity index is 1.41. The van der Waals surface area contributed by atoms with Gasteiger partial charge in [-0.2, -0.15) is 5.01 Å². The summed E-state index contributed by atoms with van der Waals surface area (Å²) in [5, 5.41) is 5.97. The minimum atomic E-state index is -0.422. The number of amides is 3. The van der Waals surface area contributed by atoms with Crippen LogP contribution in [0.2, 0.25) is 0 Å². The number of rotatable bonds is 8. The summed E-state index contributed by atoms with van der Waals surface area (Å²) in [6.07, 6.45) is 2.86. The van der Waals surface area contributed by atoms with Crippen molar-refractivity contribution < 1.29 is 19.1 Å². The maximum Gasteiger partial charge on any atom is 0.339 e. The Morgan fingerprint density at radius 1 is 1.25 bits per heavy atom. The lowest BCUT2D eigenvalue weighted by molar-refractivity contribution is -0.138. The van der Waals surface area contributed by atoms with Crippen LogP contribution in [0, 0.1) is 11.8 Å². The van der Waals surface area contributed by atoms with Gasteiger partial charge < -0.3 is 10.1 Å². The molecule has 2 atom stereocenters. The van der Waals surface area contributed by atoms with Crippen LogP contribution >= 0.6 is 0 Å². The number of ketones is 1. The van der Waals surface area contributed by atoms with Crippen molar-refractivity contribution in [3.05, 3.63) is 29.8 Å². The molecule has 2 aliphatic rings. The fraction of sp³-hybridized carbons (Fsp3) is 0.571. The summed E-state index contributed by atoms with van der Waals surface area (Å²) in [4.78, 5) is 36.0. The van der Waals surface area contributed by atoms with Crippen molar-refractivity contribution in [1.29, 1.82) is 0 Å². The molecule has 28 heavy (non-hydrogen) atoms. The number of carbonyl (C=O) groups excluding carboxylic acids is 3. The SMILES string of the molecule is CC(=O)c1ccc(OCCC[C@@H]2CCN(N3C(=O)N[C@H](C(C)C)C3=O)C2)cc1. The molecule has 1 aromatic rings. The van der Waals surface area contributed by atoms with Crippen LogP contribution < -0.4 is 10.1 Å². The van der Waals surface area contributed by atoms with E-state index in [9.17, 15) is 14.4 Å². The largest absolute Gasteiger partial charge is 0.494 e. The number of carbonyl (C=O) groups is 3. The zero-order chi connectivity index (χ0) is 20.3. The topological polar surface area (TPSA) is 79.0 Å². The van der Waals surface area contributed by atoms with Gasteiger partial charge in [0, 0.05) is 18.7 Å². The second kappa shape index (κ2) is 8.73. The number of nitrogens with zero attached hydrogens (tertiary/aromatic N) is 2. The van der Waals surface area contributed by atoms with E-state index in [1.54, 1.807) is 19.1 Å². The van der Waals surface area contributed by atoms with Gasteiger partial charge in [0.15, 0.2) is 5.78 Å². The average molecular weight is 387 g/mol.